The van der Waals surface area contributed by atoms with Gasteiger partial charge in [0.2, 0.25) is 0 Å². The van der Waals surface area contributed by atoms with E-state index in [0.717, 1.165) is 16.9 Å². The van der Waals surface area contributed by atoms with Crippen molar-refractivity contribution in [1.82, 2.24) is 20.0 Å². The van der Waals surface area contributed by atoms with Crippen molar-refractivity contribution in [3.05, 3.63) is 34.8 Å². The molecule has 0 aliphatic heterocycles. The molecule has 0 unspecified atom stereocenters. The highest BCUT2D eigenvalue weighted by Crippen LogP contribution is 2.28. The first kappa shape index (κ1) is 14.0. The Morgan fingerprint density at radius 3 is 2.45 bits per heavy atom. The van der Waals surface area contributed by atoms with Gasteiger partial charge in [-0.3, -0.25) is 0 Å². The number of halogens is 3. The zero-order valence-electron chi connectivity index (χ0n) is 10.4. The quantitative estimate of drug-likeness (QED) is 0.913. The molecule has 1 N–H and O–H groups in total. The molecule has 0 aromatic carbocycles. The largest absolute Gasteiger partial charge is 0.478 e. The van der Waals surface area contributed by atoms with Crippen molar-refractivity contribution in [2.24, 2.45) is 0 Å². The Labute approximate surface area is 110 Å². The third kappa shape index (κ3) is 2.33. The first-order valence-electron chi connectivity index (χ1n) is 5.42. The molecule has 0 amide bonds. The fourth-order valence-electron chi connectivity index (χ4n) is 1.61. The van der Waals surface area contributed by atoms with Gasteiger partial charge in [-0.25, -0.2) is 9.48 Å². The smallest absolute Gasteiger partial charge is 0.435 e. The molecule has 6 nitrogen and oxygen atoms in total. The van der Waals surface area contributed by atoms with Gasteiger partial charge in [-0.1, -0.05) is 0 Å². The van der Waals surface area contributed by atoms with Crippen LogP contribution in [0.4, 0.5) is 13.2 Å². The average Bonchev–Trinajstić information content (AvgIpc) is 2.80. The lowest BCUT2D eigenvalue weighted by atomic mass is 10.1. The highest BCUT2D eigenvalue weighted by atomic mass is 19.4. The van der Waals surface area contributed by atoms with E-state index >= 15 is 0 Å². The topological polar surface area (TPSA) is 80.9 Å². The normalized spacial score (nSPS) is 11.7. The van der Waals surface area contributed by atoms with E-state index < -0.39 is 17.8 Å². The molecule has 0 bridgehead atoms. The van der Waals surface area contributed by atoms with E-state index in [9.17, 15) is 18.0 Å². The van der Waals surface area contributed by atoms with Gasteiger partial charge in [0.15, 0.2) is 11.5 Å². The predicted molar refractivity (Wildman–Crippen MR) is 60.6 cm³/mol. The first-order chi connectivity index (χ1) is 9.21. The lowest BCUT2D eigenvalue weighted by Gasteiger charge is -2.09. The van der Waals surface area contributed by atoms with Crippen molar-refractivity contribution in [2.75, 3.05) is 0 Å². The molecule has 0 saturated heterocycles. The van der Waals surface area contributed by atoms with Crippen LogP contribution in [0.1, 0.15) is 27.3 Å². The summed E-state index contributed by atoms with van der Waals surface area (Å²) in [5, 5.41) is 19.8. The number of alkyl halides is 3. The van der Waals surface area contributed by atoms with Crippen LogP contribution in [0, 0.1) is 13.8 Å². The van der Waals surface area contributed by atoms with E-state index in [4.69, 9.17) is 5.11 Å². The molecule has 2 aromatic heterocycles. The minimum absolute atomic E-state index is 0.227. The van der Waals surface area contributed by atoms with Crippen LogP contribution in [0.2, 0.25) is 0 Å². The maximum Gasteiger partial charge on any atom is 0.435 e. The minimum atomic E-state index is -4.61. The first-order valence-corrected chi connectivity index (χ1v) is 5.42. The molecule has 0 saturated carbocycles. The van der Waals surface area contributed by atoms with Crippen molar-refractivity contribution in [3.63, 3.8) is 0 Å². The zero-order valence-corrected chi connectivity index (χ0v) is 10.4. The number of carboxylic acids is 1. The Hall–Kier alpha value is -2.45. The number of aromatic carboxylic acids is 1. The monoisotopic (exact) mass is 286 g/mol. The summed E-state index contributed by atoms with van der Waals surface area (Å²) in [5.74, 6) is -1.56. The minimum Gasteiger partial charge on any atom is -0.478 e. The van der Waals surface area contributed by atoms with Gasteiger partial charge in [0, 0.05) is 6.20 Å². The fraction of sp³-hybridized carbons (Fsp3) is 0.273. The molecule has 2 heterocycles. The highest BCUT2D eigenvalue weighted by Gasteiger charge is 2.34. The lowest BCUT2D eigenvalue weighted by Crippen LogP contribution is -2.14. The number of aryl methyl sites for hydroxylation is 1. The summed E-state index contributed by atoms with van der Waals surface area (Å²) in [4.78, 5) is 11.2. The second-order valence-corrected chi connectivity index (χ2v) is 4.06. The molecule has 0 aliphatic carbocycles. The molecule has 0 spiro atoms. The van der Waals surface area contributed by atoms with Gasteiger partial charge in [0.1, 0.15) is 5.56 Å². The van der Waals surface area contributed by atoms with Gasteiger partial charge in [-0.15, -0.1) is 5.10 Å². The molecule has 0 fully saturated rings. The highest BCUT2D eigenvalue weighted by molar-refractivity contribution is 5.92. The molecule has 20 heavy (non-hydrogen) atoms. The van der Waals surface area contributed by atoms with Crippen molar-refractivity contribution in [2.45, 2.75) is 20.0 Å². The summed E-state index contributed by atoms with van der Waals surface area (Å²) in [6.07, 6.45) is -3.62. The van der Waals surface area contributed by atoms with E-state index in [1.807, 2.05) is 0 Å². The number of carbonyl (C=O) groups is 1. The third-order valence-electron chi connectivity index (χ3n) is 2.75. The van der Waals surface area contributed by atoms with Gasteiger partial charge >= 0.3 is 12.1 Å². The molecule has 0 atom stereocenters. The van der Waals surface area contributed by atoms with Crippen LogP contribution < -0.4 is 0 Å². The van der Waals surface area contributed by atoms with Crippen LogP contribution >= 0.6 is 0 Å². The van der Waals surface area contributed by atoms with Crippen LogP contribution in [-0.4, -0.2) is 31.1 Å². The van der Waals surface area contributed by atoms with Gasteiger partial charge < -0.3 is 5.11 Å². The van der Waals surface area contributed by atoms with Crippen molar-refractivity contribution < 1.29 is 23.1 Å². The van der Waals surface area contributed by atoms with Gasteiger partial charge in [0.05, 0.1) is 5.69 Å². The second-order valence-electron chi connectivity index (χ2n) is 4.06. The fourth-order valence-corrected chi connectivity index (χ4v) is 1.61. The van der Waals surface area contributed by atoms with Crippen LogP contribution in [0.3, 0.4) is 0 Å². The lowest BCUT2D eigenvalue weighted by molar-refractivity contribution is -0.141. The van der Waals surface area contributed by atoms with Gasteiger partial charge in [-0.2, -0.15) is 23.4 Å². The van der Waals surface area contributed by atoms with Crippen LogP contribution in [0.25, 0.3) is 5.82 Å². The molecular formula is C11H9F3N4O2. The van der Waals surface area contributed by atoms with Crippen molar-refractivity contribution in [3.8, 4) is 5.82 Å². The molecule has 0 aliphatic rings. The van der Waals surface area contributed by atoms with Crippen LogP contribution in [0.5, 0.6) is 0 Å². The maximum absolute atomic E-state index is 12.5. The third-order valence-corrected chi connectivity index (χ3v) is 2.75. The molecule has 0 radical (unpaired) electrons. The molecule has 106 valence electrons. The maximum atomic E-state index is 12.5. The predicted octanol–water partition coefficient (Wildman–Crippen LogP) is 2.00. The van der Waals surface area contributed by atoms with E-state index in [1.165, 1.54) is 6.92 Å². The van der Waals surface area contributed by atoms with Crippen molar-refractivity contribution >= 4 is 5.97 Å². The number of rotatable bonds is 2. The molecular weight excluding hydrogens is 277 g/mol. The van der Waals surface area contributed by atoms with Crippen LogP contribution in [-0.2, 0) is 6.18 Å². The summed E-state index contributed by atoms with van der Waals surface area (Å²) in [6, 6.07) is 0.739. The van der Waals surface area contributed by atoms with Gasteiger partial charge in [0.25, 0.3) is 0 Å². The Kier molecular flexibility index (Phi) is 3.20. The molecule has 9 heteroatoms. The second kappa shape index (κ2) is 4.58. The number of aromatic nitrogens is 4. The van der Waals surface area contributed by atoms with Gasteiger partial charge in [-0.05, 0) is 25.5 Å². The summed E-state index contributed by atoms with van der Waals surface area (Å²) in [6.45, 7) is 3.06. The number of hydrogen-bond acceptors (Lipinski definition) is 4. The van der Waals surface area contributed by atoms with E-state index in [-0.39, 0.29) is 11.4 Å². The SMILES string of the molecule is Cc1nnc(-n2ccc(C(F)(F)F)n2)c(C(=O)O)c1C. The van der Waals surface area contributed by atoms with E-state index in [1.54, 1.807) is 6.92 Å². The number of nitrogens with zero attached hydrogens (tertiary/aromatic N) is 4. The summed E-state index contributed by atoms with van der Waals surface area (Å²) < 4.78 is 38.2. The Balaban J connectivity index is 2.62. The molecule has 2 rings (SSSR count). The number of carboxylic acid groups (broad SMARTS) is 1. The Morgan fingerprint density at radius 1 is 1.30 bits per heavy atom. The summed E-state index contributed by atoms with van der Waals surface area (Å²) in [5.41, 5.74) is -0.649. The number of hydrogen-bond donors (Lipinski definition) is 1. The Bertz CT molecular complexity index is 679. The van der Waals surface area contributed by atoms with E-state index in [2.05, 4.69) is 15.3 Å². The van der Waals surface area contributed by atoms with Crippen molar-refractivity contribution in [1.29, 1.82) is 0 Å². The van der Waals surface area contributed by atoms with Crippen LogP contribution in [0.15, 0.2) is 12.3 Å². The summed E-state index contributed by atoms with van der Waals surface area (Å²) >= 11 is 0. The Morgan fingerprint density at radius 2 is 1.95 bits per heavy atom. The van der Waals surface area contributed by atoms with E-state index in [0.29, 0.717) is 11.3 Å². The summed E-state index contributed by atoms with van der Waals surface area (Å²) in [7, 11) is 0. The standard InChI is InChI=1S/C11H9F3N4O2/c1-5-6(2)15-16-9(8(5)10(19)20)18-4-3-7(17-18)11(12,13)14/h3-4H,1-2H3,(H,19,20). The average molecular weight is 286 g/mol. The zero-order chi connectivity index (χ0) is 15.1. The molecule has 2 aromatic rings.